The van der Waals surface area contributed by atoms with Crippen LogP contribution in [0.4, 0.5) is 5.13 Å². The number of nitrogens with one attached hydrogen (secondary N) is 1. The summed E-state index contributed by atoms with van der Waals surface area (Å²) in [5, 5.41) is 5.16. The first-order valence-electron chi connectivity index (χ1n) is 7.79. The van der Waals surface area contributed by atoms with Gasteiger partial charge in [0.25, 0.3) is 5.91 Å². The molecule has 8 heteroatoms. The van der Waals surface area contributed by atoms with Gasteiger partial charge in [-0.3, -0.25) is 10.1 Å². The molecule has 1 fully saturated rings. The van der Waals surface area contributed by atoms with Crippen molar-refractivity contribution >= 4 is 34.1 Å². The maximum absolute atomic E-state index is 12.4. The molecule has 6 nitrogen and oxygen atoms in total. The standard InChI is InChI=1S/C17H15N3O3S2/c21-16(20-17-19-13(10-25-17)14-2-1-6-22-14)11-3-5-18-15(8-11)23-12-4-7-24-9-12/h1-3,5-6,8,10,12H,4,7,9H2,(H,19,20,21). The van der Waals surface area contributed by atoms with Crippen molar-refractivity contribution in [1.82, 2.24) is 9.97 Å². The second-order valence-corrected chi connectivity index (χ2v) is 7.46. The van der Waals surface area contributed by atoms with E-state index in [0.717, 1.165) is 17.9 Å². The molecule has 1 unspecified atom stereocenters. The molecule has 4 heterocycles. The molecule has 0 radical (unpaired) electrons. The van der Waals surface area contributed by atoms with E-state index in [1.54, 1.807) is 30.7 Å². The van der Waals surface area contributed by atoms with E-state index in [4.69, 9.17) is 9.15 Å². The van der Waals surface area contributed by atoms with Gasteiger partial charge in [0.2, 0.25) is 5.88 Å². The van der Waals surface area contributed by atoms with Crippen molar-refractivity contribution in [3.8, 4) is 17.3 Å². The number of nitrogens with zero attached hydrogens (tertiary/aromatic N) is 2. The number of hydrogen-bond acceptors (Lipinski definition) is 7. The zero-order valence-corrected chi connectivity index (χ0v) is 14.8. The van der Waals surface area contributed by atoms with Crippen LogP contribution >= 0.6 is 23.1 Å². The third-order valence-corrected chi connectivity index (χ3v) is 5.56. The minimum absolute atomic E-state index is 0.172. The Morgan fingerprint density at radius 2 is 2.36 bits per heavy atom. The van der Waals surface area contributed by atoms with Crippen LogP contribution in [0.25, 0.3) is 11.5 Å². The maximum Gasteiger partial charge on any atom is 0.257 e. The average molecular weight is 373 g/mol. The third kappa shape index (κ3) is 3.85. The summed E-state index contributed by atoms with van der Waals surface area (Å²) < 4.78 is 11.1. The number of amides is 1. The predicted octanol–water partition coefficient (Wildman–Crippen LogP) is 3.93. The number of carbonyl (C=O) groups is 1. The predicted molar refractivity (Wildman–Crippen MR) is 98.4 cm³/mol. The number of hydrogen-bond donors (Lipinski definition) is 1. The molecule has 1 aliphatic rings. The second kappa shape index (κ2) is 7.28. The second-order valence-electron chi connectivity index (χ2n) is 5.46. The molecule has 25 heavy (non-hydrogen) atoms. The number of carbonyl (C=O) groups excluding carboxylic acids is 1. The summed E-state index contributed by atoms with van der Waals surface area (Å²) in [7, 11) is 0. The number of ether oxygens (including phenoxy) is 1. The van der Waals surface area contributed by atoms with Crippen molar-refractivity contribution in [1.29, 1.82) is 0 Å². The van der Waals surface area contributed by atoms with E-state index in [-0.39, 0.29) is 12.0 Å². The fourth-order valence-corrected chi connectivity index (χ4v) is 4.22. The zero-order valence-electron chi connectivity index (χ0n) is 13.2. The first-order valence-corrected chi connectivity index (χ1v) is 9.82. The Morgan fingerprint density at radius 1 is 1.40 bits per heavy atom. The topological polar surface area (TPSA) is 77.3 Å². The molecule has 0 aromatic carbocycles. The van der Waals surface area contributed by atoms with Crippen LogP contribution in [-0.2, 0) is 0 Å². The van der Waals surface area contributed by atoms with E-state index in [9.17, 15) is 4.79 Å². The molecule has 3 aromatic rings. The van der Waals surface area contributed by atoms with Crippen LogP contribution in [0.3, 0.4) is 0 Å². The highest BCUT2D eigenvalue weighted by Gasteiger charge is 2.18. The molecule has 128 valence electrons. The summed E-state index contributed by atoms with van der Waals surface area (Å²) in [5.41, 5.74) is 1.19. The molecular weight excluding hydrogens is 358 g/mol. The smallest absolute Gasteiger partial charge is 0.257 e. The fraction of sp³-hybridized carbons (Fsp3) is 0.235. The zero-order chi connectivity index (χ0) is 17.1. The van der Waals surface area contributed by atoms with Gasteiger partial charge in [0.05, 0.1) is 6.26 Å². The molecule has 4 rings (SSSR count). The first-order chi connectivity index (χ1) is 12.3. The Labute approximate surface area is 152 Å². The Balaban J connectivity index is 1.44. The Kier molecular flexibility index (Phi) is 4.71. The van der Waals surface area contributed by atoms with Crippen molar-refractivity contribution in [3.05, 3.63) is 47.7 Å². The lowest BCUT2D eigenvalue weighted by atomic mass is 10.2. The number of anilines is 1. The molecule has 1 atom stereocenters. The summed E-state index contributed by atoms with van der Waals surface area (Å²) in [6.45, 7) is 0. The van der Waals surface area contributed by atoms with E-state index in [0.29, 0.717) is 28.0 Å². The molecule has 0 aliphatic carbocycles. The lowest BCUT2D eigenvalue weighted by molar-refractivity contribution is 0.102. The molecule has 0 bridgehead atoms. The minimum atomic E-state index is -0.242. The van der Waals surface area contributed by atoms with Gasteiger partial charge in [-0.2, -0.15) is 11.8 Å². The quantitative estimate of drug-likeness (QED) is 0.730. The summed E-state index contributed by atoms with van der Waals surface area (Å²) in [5.74, 6) is 2.98. The van der Waals surface area contributed by atoms with Gasteiger partial charge in [-0.05, 0) is 30.4 Å². The molecular formula is C17H15N3O3S2. The van der Waals surface area contributed by atoms with E-state index < -0.39 is 0 Å². The van der Waals surface area contributed by atoms with Gasteiger partial charge < -0.3 is 9.15 Å². The van der Waals surface area contributed by atoms with Crippen molar-refractivity contribution < 1.29 is 13.9 Å². The van der Waals surface area contributed by atoms with Gasteiger partial charge in [0.15, 0.2) is 10.9 Å². The number of aromatic nitrogens is 2. The molecule has 1 N–H and O–H groups in total. The van der Waals surface area contributed by atoms with Crippen LogP contribution in [0, 0.1) is 0 Å². The molecule has 0 spiro atoms. The average Bonchev–Trinajstić information content (AvgIpc) is 3.37. The Hall–Kier alpha value is -2.32. The van der Waals surface area contributed by atoms with Gasteiger partial charge in [-0.15, -0.1) is 11.3 Å². The van der Waals surface area contributed by atoms with E-state index in [2.05, 4.69) is 15.3 Å². The maximum atomic E-state index is 12.4. The number of furan rings is 1. The van der Waals surface area contributed by atoms with Crippen LogP contribution < -0.4 is 10.1 Å². The van der Waals surface area contributed by atoms with Gasteiger partial charge in [-0.1, -0.05) is 0 Å². The molecule has 1 saturated heterocycles. The number of thioether (sulfide) groups is 1. The van der Waals surface area contributed by atoms with Crippen LogP contribution in [0.1, 0.15) is 16.8 Å². The summed E-state index contributed by atoms with van der Waals surface area (Å²) in [6.07, 6.45) is 4.36. The fourth-order valence-electron chi connectivity index (χ4n) is 2.43. The molecule has 1 amide bonds. The first kappa shape index (κ1) is 16.2. The Morgan fingerprint density at radius 3 is 3.16 bits per heavy atom. The van der Waals surface area contributed by atoms with E-state index >= 15 is 0 Å². The van der Waals surface area contributed by atoms with Gasteiger partial charge in [0.1, 0.15) is 11.8 Å². The van der Waals surface area contributed by atoms with Gasteiger partial charge in [0, 0.05) is 29.0 Å². The summed E-state index contributed by atoms with van der Waals surface area (Å²) in [4.78, 5) is 21.0. The highest BCUT2D eigenvalue weighted by Crippen LogP contribution is 2.26. The number of pyridine rings is 1. The summed E-state index contributed by atoms with van der Waals surface area (Å²) in [6, 6.07) is 6.95. The van der Waals surface area contributed by atoms with Crippen molar-refractivity contribution in [2.75, 3.05) is 16.8 Å². The molecule has 0 saturated carbocycles. The SMILES string of the molecule is O=C(Nc1nc(-c2ccco2)cs1)c1ccnc(OC2CCSC2)c1. The summed E-state index contributed by atoms with van der Waals surface area (Å²) >= 11 is 3.22. The van der Waals surface area contributed by atoms with Crippen molar-refractivity contribution in [3.63, 3.8) is 0 Å². The van der Waals surface area contributed by atoms with Crippen LogP contribution in [-0.4, -0.2) is 33.5 Å². The Bertz CT molecular complexity index is 858. The lowest BCUT2D eigenvalue weighted by Gasteiger charge is -2.11. The van der Waals surface area contributed by atoms with Crippen LogP contribution in [0.2, 0.25) is 0 Å². The molecule has 3 aromatic heterocycles. The number of rotatable bonds is 5. The van der Waals surface area contributed by atoms with Crippen molar-refractivity contribution in [2.24, 2.45) is 0 Å². The minimum Gasteiger partial charge on any atom is -0.473 e. The van der Waals surface area contributed by atoms with Gasteiger partial charge in [-0.25, -0.2) is 9.97 Å². The largest absolute Gasteiger partial charge is 0.473 e. The van der Waals surface area contributed by atoms with E-state index in [1.807, 2.05) is 23.2 Å². The van der Waals surface area contributed by atoms with Crippen LogP contribution in [0.5, 0.6) is 5.88 Å². The molecule has 1 aliphatic heterocycles. The monoisotopic (exact) mass is 373 g/mol. The van der Waals surface area contributed by atoms with Crippen LogP contribution in [0.15, 0.2) is 46.5 Å². The highest BCUT2D eigenvalue weighted by molar-refractivity contribution is 7.99. The highest BCUT2D eigenvalue weighted by atomic mass is 32.2. The lowest BCUT2D eigenvalue weighted by Crippen LogP contribution is -2.17. The van der Waals surface area contributed by atoms with Crippen molar-refractivity contribution in [2.45, 2.75) is 12.5 Å². The van der Waals surface area contributed by atoms with E-state index in [1.165, 1.54) is 11.3 Å². The number of thiazole rings is 1. The normalized spacial score (nSPS) is 16.7. The van der Waals surface area contributed by atoms with Gasteiger partial charge >= 0.3 is 0 Å². The third-order valence-electron chi connectivity index (χ3n) is 3.67.